The maximum atomic E-state index is 12.7. The number of morpholine rings is 1. The highest BCUT2D eigenvalue weighted by molar-refractivity contribution is 7.89. The minimum absolute atomic E-state index is 0.0112. The zero-order valence-corrected chi connectivity index (χ0v) is 19.8. The second-order valence-electron chi connectivity index (χ2n) is 8.01. The second kappa shape index (κ2) is 9.90. The Morgan fingerprint density at radius 2 is 1.52 bits per heavy atom. The minimum Gasteiger partial charge on any atom is -0.379 e. The molecule has 178 valence electrons. The Bertz CT molecular complexity index is 1200. The van der Waals surface area contributed by atoms with Crippen LogP contribution in [0.5, 0.6) is 0 Å². The van der Waals surface area contributed by atoms with Crippen molar-refractivity contribution in [3.05, 3.63) is 59.7 Å². The summed E-state index contributed by atoms with van der Waals surface area (Å²) in [5, 5.41) is 0. The molecule has 33 heavy (non-hydrogen) atoms. The predicted molar refractivity (Wildman–Crippen MR) is 122 cm³/mol. The molecule has 0 saturated carbocycles. The van der Waals surface area contributed by atoms with Gasteiger partial charge in [-0.3, -0.25) is 4.79 Å². The van der Waals surface area contributed by atoms with Gasteiger partial charge in [0.25, 0.3) is 5.91 Å². The highest BCUT2D eigenvalue weighted by Gasteiger charge is 2.27. The Morgan fingerprint density at radius 1 is 0.879 bits per heavy atom. The van der Waals surface area contributed by atoms with Gasteiger partial charge in [0.2, 0.25) is 20.0 Å². The van der Waals surface area contributed by atoms with E-state index in [1.807, 2.05) is 0 Å². The van der Waals surface area contributed by atoms with Crippen molar-refractivity contribution in [2.45, 2.75) is 29.2 Å². The molecule has 2 aliphatic rings. The molecule has 2 heterocycles. The molecule has 4 rings (SSSR count). The first-order valence-electron chi connectivity index (χ1n) is 10.8. The molecule has 11 heteroatoms. The number of ether oxygens (including phenoxy) is 1. The number of amides is 1. The lowest BCUT2D eigenvalue weighted by atomic mass is 10.1. The largest absolute Gasteiger partial charge is 0.379 e. The van der Waals surface area contributed by atoms with Gasteiger partial charge in [0, 0.05) is 38.3 Å². The minimum atomic E-state index is -3.87. The number of nitrogens with one attached hydrogen (secondary N) is 1. The van der Waals surface area contributed by atoms with Crippen LogP contribution in [-0.4, -0.2) is 71.3 Å². The third-order valence-corrected chi connectivity index (χ3v) is 9.11. The van der Waals surface area contributed by atoms with E-state index in [9.17, 15) is 21.6 Å². The van der Waals surface area contributed by atoms with Crippen molar-refractivity contribution in [1.82, 2.24) is 13.9 Å². The van der Waals surface area contributed by atoms with E-state index >= 15 is 0 Å². The number of rotatable bonds is 7. The van der Waals surface area contributed by atoms with Gasteiger partial charge in [0.15, 0.2) is 0 Å². The highest BCUT2D eigenvalue weighted by atomic mass is 32.2. The van der Waals surface area contributed by atoms with E-state index in [0.29, 0.717) is 24.3 Å². The van der Waals surface area contributed by atoms with Crippen LogP contribution in [-0.2, 0) is 31.3 Å². The predicted octanol–water partition coefficient (Wildman–Crippen LogP) is 1.42. The number of hydrogen-bond donors (Lipinski definition) is 1. The summed E-state index contributed by atoms with van der Waals surface area (Å²) in [4.78, 5) is 14.4. The number of carbonyl (C=O) groups excluding carboxylic acids is 1. The first kappa shape index (κ1) is 23.8. The highest BCUT2D eigenvalue weighted by Crippen LogP contribution is 2.20. The second-order valence-corrected chi connectivity index (χ2v) is 11.7. The van der Waals surface area contributed by atoms with Crippen LogP contribution in [0.1, 0.15) is 28.8 Å². The fraction of sp³-hybridized carbons (Fsp3) is 0.409. The summed E-state index contributed by atoms with van der Waals surface area (Å²) >= 11 is 0. The van der Waals surface area contributed by atoms with Crippen LogP contribution in [0, 0.1) is 0 Å². The van der Waals surface area contributed by atoms with Crippen molar-refractivity contribution in [1.29, 1.82) is 0 Å². The van der Waals surface area contributed by atoms with Crippen molar-refractivity contribution in [3.63, 3.8) is 0 Å². The molecular weight excluding hydrogens is 466 g/mol. The fourth-order valence-corrected chi connectivity index (χ4v) is 6.33. The average molecular weight is 494 g/mol. The number of hydrogen-bond acceptors (Lipinski definition) is 6. The lowest BCUT2D eigenvalue weighted by molar-refractivity contribution is 0.0730. The number of sulfonamides is 2. The molecule has 0 atom stereocenters. The molecule has 0 aliphatic carbocycles. The molecule has 0 aromatic heterocycles. The zero-order valence-electron chi connectivity index (χ0n) is 18.1. The van der Waals surface area contributed by atoms with Crippen molar-refractivity contribution < 1.29 is 26.4 Å². The van der Waals surface area contributed by atoms with Crippen LogP contribution in [0.4, 0.5) is 0 Å². The Hall–Kier alpha value is -2.31. The average Bonchev–Trinajstić information content (AvgIpc) is 3.38. The molecule has 9 nitrogen and oxygen atoms in total. The van der Waals surface area contributed by atoms with Gasteiger partial charge < -0.3 is 9.64 Å². The van der Waals surface area contributed by atoms with Crippen molar-refractivity contribution in [2.24, 2.45) is 0 Å². The van der Waals surface area contributed by atoms with Crippen LogP contribution in [0.25, 0.3) is 0 Å². The maximum absolute atomic E-state index is 12.7. The Kier molecular flexibility index (Phi) is 7.15. The molecule has 2 fully saturated rings. The SMILES string of the molecule is O=C(c1cccc(CNS(=O)(=O)c2ccc(S(=O)(=O)N3CCOCC3)cc2)c1)N1CCCC1. The summed E-state index contributed by atoms with van der Waals surface area (Å²) in [6.07, 6.45) is 2.00. The summed E-state index contributed by atoms with van der Waals surface area (Å²) in [5.74, 6) is -0.0470. The maximum Gasteiger partial charge on any atom is 0.253 e. The first-order valence-corrected chi connectivity index (χ1v) is 13.8. The molecule has 0 unspecified atom stereocenters. The van der Waals surface area contributed by atoms with Crippen LogP contribution in [0.2, 0.25) is 0 Å². The summed E-state index contributed by atoms with van der Waals surface area (Å²) in [6.45, 7) is 2.70. The molecule has 2 saturated heterocycles. The van der Waals surface area contributed by atoms with E-state index in [0.717, 1.165) is 25.9 Å². The lowest BCUT2D eigenvalue weighted by Gasteiger charge is -2.26. The van der Waals surface area contributed by atoms with E-state index in [-0.39, 0.29) is 35.3 Å². The molecule has 1 amide bonds. The lowest BCUT2D eigenvalue weighted by Crippen LogP contribution is -2.40. The van der Waals surface area contributed by atoms with Crippen LogP contribution < -0.4 is 4.72 Å². The normalized spacial score (nSPS) is 17.9. The number of carbonyl (C=O) groups is 1. The molecule has 0 spiro atoms. The molecule has 1 N–H and O–H groups in total. The molecule has 2 aliphatic heterocycles. The van der Waals surface area contributed by atoms with Gasteiger partial charge in [0.1, 0.15) is 0 Å². The Morgan fingerprint density at radius 3 is 2.18 bits per heavy atom. The van der Waals surface area contributed by atoms with Gasteiger partial charge in [0.05, 0.1) is 23.0 Å². The van der Waals surface area contributed by atoms with Crippen molar-refractivity contribution in [2.75, 3.05) is 39.4 Å². The van der Waals surface area contributed by atoms with E-state index in [2.05, 4.69) is 4.72 Å². The standard InChI is InChI=1S/C22H27N3O6S2/c26-22(24-10-1-2-11-24)19-5-3-4-18(16-19)17-23-32(27,28)20-6-8-21(9-7-20)33(29,30)25-12-14-31-15-13-25/h3-9,16,23H,1-2,10-15,17H2. The van der Waals surface area contributed by atoms with Crippen LogP contribution in [0.15, 0.2) is 58.3 Å². The van der Waals surface area contributed by atoms with E-state index in [4.69, 9.17) is 4.74 Å². The summed E-state index contributed by atoms with van der Waals surface area (Å²) in [6, 6.07) is 12.1. The fourth-order valence-electron chi connectivity index (χ4n) is 3.91. The molecule has 2 aromatic rings. The van der Waals surface area contributed by atoms with E-state index in [1.54, 1.807) is 29.2 Å². The zero-order chi connectivity index (χ0) is 23.5. The monoisotopic (exact) mass is 493 g/mol. The third kappa shape index (κ3) is 5.44. The van der Waals surface area contributed by atoms with Crippen molar-refractivity contribution in [3.8, 4) is 0 Å². The van der Waals surface area contributed by atoms with Gasteiger partial charge in [-0.15, -0.1) is 0 Å². The molecule has 2 aromatic carbocycles. The molecule has 0 radical (unpaired) electrons. The number of nitrogens with zero attached hydrogens (tertiary/aromatic N) is 2. The van der Waals surface area contributed by atoms with Crippen LogP contribution >= 0.6 is 0 Å². The summed E-state index contributed by atoms with van der Waals surface area (Å²) in [7, 11) is -7.57. The van der Waals surface area contributed by atoms with Crippen molar-refractivity contribution >= 4 is 26.0 Å². The number of likely N-dealkylation sites (tertiary alicyclic amines) is 1. The summed E-state index contributed by atoms with van der Waals surface area (Å²) < 4.78 is 59.9. The quantitative estimate of drug-likeness (QED) is 0.624. The van der Waals surface area contributed by atoms with Gasteiger partial charge >= 0.3 is 0 Å². The molecule has 0 bridgehead atoms. The smallest absolute Gasteiger partial charge is 0.253 e. The summed E-state index contributed by atoms with van der Waals surface area (Å²) in [5.41, 5.74) is 1.20. The van der Waals surface area contributed by atoms with Gasteiger partial charge in [-0.2, -0.15) is 4.31 Å². The van der Waals surface area contributed by atoms with Gasteiger partial charge in [-0.1, -0.05) is 12.1 Å². The first-order chi connectivity index (χ1) is 15.8. The third-order valence-electron chi connectivity index (χ3n) is 5.78. The topological polar surface area (TPSA) is 113 Å². The Labute approximate surface area is 194 Å². The van der Waals surface area contributed by atoms with Gasteiger partial charge in [-0.05, 0) is 54.8 Å². The van der Waals surface area contributed by atoms with E-state index in [1.165, 1.54) is 28.6 Å². The van der Waals surface area contributed by atoms with Crippen LogP contribution in [0.3, 0.4) is 0 Å². The Balaban J connectivity index is 1.43. The number of benzene rings is 2. The van der Waals surface area contributed by atoms with E-state index < -0.39 is 20.0 Å². The van der Waals surface area contributed by atoms with Gasteiger partial charge in [-0.25, -0.2) is 21.6 Å². The molecular formula is C22H27N3O6S2.